The molecule has 1 N–H and O–H groups in total. The van der Waals surface area contributed by atoms with Crippen LogP contribution in [0.25, 0.3) is 0 Å². The molecule has 1 aromatic carbocycles. The number of hydrogen-bond donors (Lipinski definition) is 1. The maximum atomic E-state index is 13.1. The molecule has 8 nitrogen and oxygen atoms in total. The number of fused-ring (bicyclic) bond motifs is 1. The number of anilines is 3. The second-order valence-corrected chi connectivity index (χ2v) is 9.88. The van der Waals surface area contributed by atoms with E-state index in [0.29, 0.717) is 62.1 Å². The highest BCUT2D eigenvalue weighted by Gasteiger charge is 2.36. The Morgan fingerprint density at radius 3 is 2.44 bits per heavy atom. The Hall–Kier alpha value is -3.68. The first kappa shape index (κ1) is 22.1. The van der Waals surface area contributed by atoms with Crippen molar-refractivity contribution >= 4 is 29.1 Å². The molecule has 176 valence electrons. The summed E-state index contributed by atoms with van der Waals surface area (Å²) in [4.78, 5) is 39.2. The van der Waals surface area contributed by atoms with Crippen molar-refractivity contribution in [3.8, 4) is 0 Å². The van der Waals surface area contributed by atoms with Crippen molar-refractivity contribution in [2.45, 2.75) is 33.6 Å². The highest BCUT2D eigenvalue weighted by atomic mass is 16.3. The Bertz CT molecular complexity index is 1210. The molecule has 1 aliphatic carbocycles. The van der Waals surface area contributed by atoms with Gasteiger partial charge in [0.1, 0.15) is 5.82 Å². The van der Waals surface area contributed by atoms with Gasteiger partial charge in [0, 0.05) is 38.3 Å². The Labute approximate surface area is 199 Å². The van der Waals surface area contributed by atoms with Crippen LogP contribution >= 0.6 is 0 Å². The number of amides is 1. The summed E-state index contributed by atoms with van der Waals surface area (Å²) in [5.74, 6) is 1.46. The summed E-state index contributed by atoms with van der Waals surface area (Å²) in [5, 5.41) is 3.37. The molecule has 3 heterocycles. The van der Waals surface area contributed by atoms with E-state index in [1.54, 1.807) is 17.0 Å². The van der Waals surface area contributed by atoms with E-state index in [4.69, 9.17) is 14.4 Å². The van der Waals surface area contributed by atoms with Gasteiger partial charge in [-0.3, -0.25) is 9.59 Å². The minimum atomic E-state index is -0.148. The smallest absolute Gasteiger partial charge is 0.289 e. The van der Waals surface area contributed by atoms with Crippen molar-refractivity contribution in [1.29, 1.82) is 0 Å². The summed E-state index contributed by atoms with van der Waals surface area (Å²) in [6.45, 7) is 8.54. The van der Waals surface area contributed by atoms with Gasteiger partial charge in [0.05, 0.1) is 17.5 Å². The van der Waals surface area contributed by atoms with E-state index in [1.807, 2.05) is 31.2 Å². The third kappa shape index (κ3) is 4.40. The van der Waals surface area contributed by atoms with Crippen molar-refractivity contribution in [2.75, 3.05) is 36.4 Å². The molecule has 2 aromatic heterocycles. The molecule has 1 aliphatic heterocycles. The summed E-state index contributed by atoms with van der Waals surface area (Å²) in [6.07, 6.45) is 2.69. The van der Waals surface area contributed by atoms with Crippen LogP contribution in [0.4, 0.5) is 17.5 Å². The predicted octanol–water partition coefficient (Wildman–Crippen LogP) is 4.24. The van der Waals surface area contributed by atoms with Gasteiger partial charge in [0.25, 0.3) is 5.91 Å². The summed E-state index contributed by atoms with van der Waals surface area (Å²) in [5.41, 5.74) is 3.27. The molecule has 0 saturated carbocycles. The fourth-order valence-electron chi connectivity index (χ4n) is 4.63. The number of aryl methyl sites for hydroxylation is 1. The Morgan fingerprint density at radius 2 is 1.76 bits per heavy atom. The minimum absolute atomic E-state index is 0.0706. The van der Waals surface area contributed by atoms with Gasteiger partial charge in [0.15, 0.2) is 11.5 Å². The number of benzene rings is 1. The normalized spacial score (nSPS) is 17.4. The van der Waals surface area contributed by atoms with E-state index >= 15 is 0 Å². The number of furan rings is 1. The number of piperazine rings is 1. The van der Waals surface area contributed by atoms with Crippen LogP contribution in [0.3, 0.4) is 0 Å². The molecule has 5 rings (SSSR count). The van der Waals surface area contributed by atoms with Gasteiger partial charge in [-0.15, -0.1) is 0 Å². The molecular formula is C26H29N5O3. The fraction of sp³-hybridized carbons (Fsp3) is 0.385. The molecule has 0 unspecified atom stereocenters. The molecule has 2 aliphatic rings. The van der Waals surface area contributed by atoms with Crippen molar-refractivity contribution in [3.63, 3.8) is 0 Å². The van der Waals surface area contributed by atoms with Crippen LogP contribution in [-0.4, -0.2) is 52.7 Å². The van der Waals surface area contributed by atoms with E-state index < -0.39 is 0 Å². The number of ketones is 1. The average Bonchev–Trinajstić information content (AvgIpc) is 3.34. The van der Waals surface area contributed by atoms with Crippen molar-refractivity contribution in [2.24, 2.45) is 5.41 Å². The second-order valence-electron chi connectivity index (χ2n) is 9.88. The van der Waals surface area contributed by atoms with E-state index in [1.165, 1.54) is 6.26 Å². The molecule has 0 atom stereocenters. The molecule has 3 aromatic rings. The first-order valence-electron chi connectivity index (χ1n) is 11.6. The third-order valence-corrected chi connectivity index (χ3v) is 6.43. The number of carbonyl (C=O) groups is 2. The first-order chi connectivity index (χ1) is 16.3. The monoisotopic (exact) mass is 459 g/mol. The van der Waals surface area contributed by atoms with Gasteiger partial charge in [-0.05, 0) is 43.0 Å². The summed E-state index contributed by atoms with van der Waals surface area (Å²) in [6, 6.07) is 11.4. The summed E-state index contributed by atoms with van der Waals surface area (Å²) < 4.78 is 5.26. The highest BCUT2D eigenvalue weighted by Crippen LogP contribution is 2.38. The number of aromatic nitrogens is 2. The number of Topliss-reactive ketones (excluding diaryl/α,β-unsaturated/α-hetero) is 1. The number of hydrogen-bond acceptors (Lipinski definition) is 7. The molecule has 0 bridgehead atoms. The number of nitrogens with one attached hydrogen (secondary N) is 1. The van der Waals surface area contributed by atoms with Gasteiger partial charge in [-0.25, -0.2) is 4.98 Å². The van der Waals surface area contributed by atoms with Crippen molar-refractivity contribution in [1.82, 2.24) is 14.9 Å². The van der Waals surface area contributed by atoms with Gasteiger partial charge >= 0.3 is 0 Å². The van der Waals surface area contributed by atoms with Crippen molar-refractivity contribution in [3.05, 3.63) is 65.2 Å². The molecule has 1 fully saturated rings. The second kappa shape index (κ2) is 8.59. The molecule has 1 amide bonds. The Morgan fingerprint density at radius 1 is 1.03 bits per heavy atom. The molecule has 34 heavy (non-hydrogen) atoms. The van der Waals surface area contributed by atoms with E-state index in [9.17, 15) is 9.59 Å². The van der Waals surface area contributed by atoms with Crippen molar-refractivity contribution < 1.29 is 14.0 Å². The molecule has 1 saturated heterocycles. The zero-order chi connectivity index (χ0) is 23.9. The lowest BCUT2D eigenvalue weighted by molar-refractivity contribution is 0.0713. The SMILES string of the molecule is Cc1ccc(Nc2nc(N3CCN(C(=O)c4ccco4)CC3)nc3c2C(=O)CC(C)(C)C3)cc1. The lowest BCUT2D eigenvalue weighted by atomic mass is 9.75. The predicted molar refractivity (Wildman–Crippen MR) is 130 cm³/mol. The van der Waals surface area contributed by atoms with E-state index in [-0.39, 0.29) is 17.1 Å². The van der Waals surface area contributed by atoms with Gasteiger partial charge in [0.2, 0.25) is 5.95 Å². The summed E-state index contributed by atoms with van der Waals surface area (Å²) in [7, 11) is 0. The standard InChI is InChI=1S/C26H29N5O3/c1-17-6-8-18(9-7-17)27-23-22-19(15-26(2,3)16-20(22)32)28-25(29-23)31-12-10-30(11-13-31)24(33)21-5-4-14-34-21/h4-9,14H,10-13,15-16H2,1-3H3,(H,27,28,29). The van der Waals surface area contributed by atoms with Crippen LogP contribution in [0.1, 0.15) is 52.4 Å². The quantitative estimate of drug-likeness (QED) is 0.624. The van der Waals surface area contributed by atoms with Gasteiger partial charge < -0.3 is 19.5 Å². The number of rotatable bonds is 4. The number of nitrogens with zero attached hydrogens (tertiary/aromatic N) is 4. The van der Waals surface area contributed by atoms with Crippen LogP contribution in [0, 0.1) is 12.3 Å². The topological polar surface area (TPSA) is 91.6 Å². The van der Waals surface area contributed by atoms with Crippen LogP contribution in [0.15, 0.2) is 47.1 Å². The largest absolute Gasteiger partial charge is 0.459 e. The fourth-order valence-corrected chi connectivity index (χ4v) is 4.63. The summed E-state index contributed by atoms with van der Waals surface area (Å²) >= 11 is 0. The van der Waals surface area contributed by atoms with E-state index in [0.717, 1.165) is 16.9 Å². The van der Waals surface area contributed by atoms with Crippen LogP contribution in [0.2, 0.25) is 0 Å². The maximum Gasteiger partial charge on any atom is 0.289 e. The average molecular weight is 460 g/mol. The molecule has 0 radical (unpaired) electrons. The number of carbonyl (C=O) groups excluding carboxylic acids is 2. The third-order valence-electron chi connectivity index (χ3n) is 6.43. The zero-order valence-electron chi connectivity index (χ0n) is 19.8. The minimum Gasteiger partial charge on any atom is -0.459 e. The first-order valence-corrected chi connectivity index (χ1v) is 11.6. The van der Waals surface area contributed by atoms with Crippen LogP contribution in [0.5, 0.6) is 0 Å². The molecular weight excluding hydrogens is 430 g/mol. The highest BCUT2D eigenvalue weighted by molar-refractivity contribution is 6.03. The van der Waals surface area contributed by atoms with Gasteiger partial charge in [-0.2, -0.15) is 4.98 Å². The Kier molecular flexibility index (Phi) is 5.59. The van der Waals surface area contributed by atoms with Crippen LogP contribution < -0.4 is 10.2 Å². The zero-order valence-corrected chi connectivity index (χ0v) is 19.8. The van der Waals surface area contributed by atoms with Gasteiger partial charge in [-0.1, -0.05) is 31.5 Å². The van der Waals surface area contributed by atoms with E-state index in [2.05, 4.69) is 24.1 Å². The Balaban J connectivity index is 1.43. The lowest BCUT2D eigenvalue weighted by Crippen LogP contribution is -2.49. The van der Waals surface area contributed by atoms with Crippen LogP contribution in [-0.2, 0) is 6.42 Å². The molecule has 0 spiro atoms. The maximum absolute atomic E-state index is 13.1. The lowest BCUT2D eigenvalue weighted by Gasteiger charge is -2.36. The molecule has 8 heteroatoms.